The zero-order chi connectivity index (χ0) is 18.0. The van der Waals surface area contributed by atoms with Crippen molar-refractivity contribution in [1.82, 2.24) is 10.2 Å². The van der Waals surface area contributed by atoms with Gasteiger partial charge < -0.3 is 10.6 Å². The minimum atomic E-state index is -0.754. The van der Waals surface area contributed by atoms with E-state index in [1.807, 2.05) is 0 Å². The standard InChI is InChI=1S/C17H19Cl2N3O3/c18-12-5-4-11(10-13(12)19)20-14(23)6-9-22-15(24)17(21-16(22)25)7-2-1-3-8-17/h4-5,10H,1-3,6-9H2,(H,20,23)(H,21,25). The van der Waals surface area contributed by atoms with Crippen molar-refractivity contribution in [3.8, 4) is 0 Å². The largest absolute Gasteiger partial charge is 0.326 e. The summed E-state index contributed by atoms with van der Waals surface area (Å²) in [4.78, 5) is 38.0. The Morgan fingerprint density at radius 1 is 1.16 bits per heavy atom. The molecule has 1 heterocycles. The topological polar surface area (TPSA) is 78.5 Å². The highest BCUT2D eigenvalue weighted by molar-refractivity contribution is 6.42. The molecule has 1 aliphatic heterocycles. The first kappa shape index (κ1) is 18.0. The van der Waals surface area contributed by atoms with Gasteiger partial charge in [-0.2, -0.15) is 0 Å². The maximum absolute atomic E-state index is 12.6. The number of carbonyl (C=O) groups excluding carboxylic acids is 3. The van der Waals surface area contributed by atoms with Crippen LogP contribution in [0.5, 0.6) is 0 Å². The number of benzene rings is 1. The average Bonchev–Trinajstić information content (AvgIpc) is 2.80. The molecule has 25 heavy (non-hydrogen) atoms. The molecule has 2 fully saturated rings. The van der Waals surface area contributed by atoms with E-state index < -0.39 is 11.6 Å². The molecule has 1 aliphatic carbocycles. The molecule has 3 rings (SSSR count). The lowest BCUT2D eigenvalue weighted by Gasteiger charge is -2.30. The Hall–Kier alpha value is -1.79. The molecule has 1 aromatic rings. The smallest absolute Gasteiger partial charge is 0.325 e. The van der Waals surface area contributed by atoms with Gasteiger partial charge in [0.25, 0.3) is 5.91 Å². The normalized spacial score (nSPS) is 19.2. The molecule has 0 unspecified atom stereocenters. The number of halogens is 2. The highest BCUT2D eigenvalue weighted by atomic mass is 35.5. The molecular formula is C17H19Cl2N3O3. The van der Waals surface area contributed by atoms with Gasteiger partial charge in [0, 0.05) is 18.7 Å². The number of rotatable bonds is 4. The van der Waals surface area contributed by atoms with Crippen molar-refractivity contribution < 1.29 is 14.4 Å². The van der Waals surface area contributed by atoms with E-state index in [9.17, 15) is 14.4 Å². The number of hydrogen-bond acceptors (Lipinski definition) is 3. The predicted molar refractivity (Wildman–Crippen MR) is 95.8 cm³/mol. The number of amides is 4. The molecule has 8 heteroatoms. The van der Waals surface area contributed by atoms with Crippen molar-refractivity contribution in [2.24, 2.45) is 0 Å². The van der Waals surface area contributed by atoms with Crippen molar-refractivity contribution in [2.75, 3.05) is 11.9 Å². The Morgan fingerprint density at radius 3 is 2.56 bits per heavy atom. The van der Waals surface area contributed by atoms with Crippen molar-refractivity contribution in [1.29, 1.82) is 0 Å². The number of imide groups is 1. The van der Waals surface area contributed by atoms with Crippen LogP contribution in [0.1, 0.15) is 38.5 Å². The van der Waals surface area contributed by atoms with E-state index in [0.717, 1.165) is 24.2 Å². The Kier molecular flexibility index (Phi) is 5.20. The number of nitrogens with one attached hydrogen (secondary N) is 2. The fourth-order valence-corrected chi connectivity index (χ4v) is 3.68. The predicted octanol–water partition coefficient (Wildman–Crippen LogP) is 3.58. The van der Waals surface area contributed by atoms with Crippen LogP contribution in [0.2, 0.25) is 10.0 Å². The van der Waals surface area contributed by atoms with Crippen LogP contribution in [0.25, 0.3) is 0 Å². The summed E-state index contributed by atoms with van der Waals surface area (Å²) in [6.07, 6.45) is 4.30. The molecular weight excluding hydrogens is 365 g/mol. The fraction of sp³-hybridized carbons (Fsp3) is 0.471. The summed E-state index contributed by atoms with van der Waals surface area (Å²) in [7, 11) is 0. The third kappa shape index (κ3) is 3.75. The second-order valence-electron chi connectivity index (χ2n) is 6.46. The Labute approximate surface area is 155 Å². The van der Waals surface area contributed by atoms with E-state index in [1.54, 1.807) is 18.2 Å². The van der Waals surface area contributed by atoms with Gasteiger partial charge in [0.05, 0.1) is 10.0 Å². The summed E-state index contributed by atoms with van der Waals surface area (Å²) >= 11 is 11.7. The summed E-state index contributed by atoms with van der Waals surface area (Å²) in [5, 5.41) is 6.25. The van der Waals surface area contributed by atoms with Crippen LogP contribution in [-0.4, -0.2) is 34.8 Å². The number of nitrogens with zero attached hydrogens (tertiary/aromatic N) is 1. The van der Waals surface area contributed by atoms with Crippen LogP contribution in [0.4, 0.5) is 10.5 Å². The summed E-state index contributed by atoms with van der Waals surface area (Å²) in [5.41, 5.74) is -0.240. The maximum Gasteiger partial charge on any atom is 0.325 e. The van der Waals surface area contributed by atoms with Gasteiger partial charge in [-0.25, -0.2) is 4.79 Å². The van der Waals surface area contributed by atoms with Gasteiger partial charge in [-0.05, 0) is 31.0 Å². The Morgan fingerprint density at radius 2 is 1.88 bits per heavy atom. The van der Waals surface area contributed by atoms with Crippen molar-refractivity contribution >= 4 is 46.7 Å². The van der Waals surface area contributed by atoms with E-state index >= 15 is 0 Å². The van der Waals surface area contributed by atoms with Gasteiger partial charge in [0.15, 0.2) is 0 Å². The van der Waals surface area contributed by atoms with E-state index in [4.69, 9.17) is 23.2 Å². The zero-order valence-corrected chi connectivity index (χ0v) is 15.1. The van der Waals surface area contributed by atoms with Crippen LogP contribution in [0.15, 0.2) is 18.2 Å². The van der Waals surface area contributed by atoms with Crippen LogP contribution in [0.3, 0.4) is 0 Å². The van der Waals surface area contributed by atoms with Gasteiger partial charge in [-0.15, -0.1) is 0 Å². The number of hydrogen-bond donors (Lipinski definition) is 2. The maximum atomic E-state index is 12.6. The molecule has 2 N–H and O–H groups in total. The minimum absolute atomic E-state index is 0.0233. The highest BCUT2D eigenvalue weighted by Crippen LogP contribution is 2.33. The molecule has 1 saturated carbocycles. The minimum Gasteiger partial charge on any atom is -0.326 e. The molecule has 134 valence electrons. The van der Waals surface area contributed by atoms with Crippen LogP contribution in [-0.2, 0) is 9.59 Å². The molecule has 0 atom stereocenters. The first-order valence-corrected chi connectivity index (χ1v) is 9.06. The Balaban J connectivity index is 1.57. The third-order valence-corrected chi connectivity index (χ3v) is 5.46. The molecule has 1 saturated heterocycles. The zero-order valence-electron chi connectivity index (χ0n) is 13.6. The van der Waals surface area contributed by atoms with Gasteiger partial charge in [-0.1, -0.05) is 42.5 Å². The second-order valence-corrected chi connectivity index (χ2v) is 7.27. The van der Waals surface area contributed by atoms with Crippen molar-refractivity contribution in [3.63, 3.8) is 0 Å². The molecule has 6 nitrogen and oxygen atoms in total. The summed E-state index contributed by atoms with van der Waals surface area (Å²) < 4.78 is 0. The van der Waals surface area contributed by atoms with Crippen LogP contribution in [0, 0.1) is 0 Å². The lowest BCUT2D eigenvalue weighted by Crippen LogP contribution is -2.48. The molecule has 0 radical (unpaired) electrons. The lowest BCUT2D eigenvalue weighted by atomic mass is 9.82. The van der Waals surface area contributed by atoms with Gasteiger partial charge in [0.1, 0.15) is 5.54 Å². The van der Waals surface area contributed by atoms with Gasteiger partial charge >= 0.3 is 6.03 Å². The molecule has 2 aliphatic rings. The van der Waals surface area contributed by atoms with Gasteiger partial charge in [0.2, 0.25) is 5.91 Å². The number of carbonyl (C=O) groups is 3. The third-order valence-electron chi connectivity index (χ3n) is 4.72. The Bertz CT molecular complexity index is 717. The number of urea groups is 1. The van der Waals surface area contributed by atoms with E-state index in [2.05, 4.69) is 10.6 Å². The summed E-state index contributed by atoms with van der Waals surface area (Å²) in [6, 6.07) is 4.36. The average molecular weight is 384 g/mol. The monoisotopic (exact) mass is 383 g/mol. The number of anilines is 1. The second kappa shape index (κ2) is 7.22. The molecule has 0 aromatic heterocycles. The summed E-state index contributed by atoms with van der Waals surface area (Å²) in [6.45, 7) is 0.0551. The van der Waals surface area contributed by atoms with Crippen LogP contribution >= 0.6 is 23.2 Å². The van der Waals surface area contributed by atoms with E-state index in [1.165, 1.54) is 0 Å². The molecule has 1 spiro atoms. The van der Waals surface area contributed by atoms with Crippen molar-refractivity contribution in [3.05, 3.63) is 28.2 Å². The fourth-order valence-electron chi connectivity index (χ4n) is 3.38. The van der Waals surface area contributed by atoms with Gasteiger partial charge in [-0.3, -0.25) is 14.5 Å². The molecule has 1 aromatic carbocycles. The highest BCUT2D eigenvalue weighted by Gasteiger charge is 2.50. The lowest BCUT2D eigenvalue weighted by molar-refractivity contribution is -0.132. The molecule has 4 amide bonds. The van der Waals surface area contributed by atoms with Crippen LogP contribution < -0.4 is 10.6 Å². The quantitative estimate of drug-likeness (QED) is 0.779. The SMILES string of the molecule is O=C(CCN1C(=O)NC2(CCCCC2)C1=O)Nc1ccc(Cl)c(Cl)c1. The first-order valence-electron chi connectivity index (χ1n) is 8.30. The molecule has 0 bridgehead atoms. The first-order chi connectivity index (χ1) is 11.9. The summed E-state index contributed by atoms with van der Waals surface area (Å²) in [5.74, 6) is -0.511. The van der Waals surface area contributed by atoms with E-state index in [-0.39, 0.29) is 24.8 Å². The van der Waals surface area contributed by atoms with E-state index in [0.29, 0.717) is 28.6 Å². The van der Waals surface area contributed by atoms with Crippen molar-refractivity contribution in [2.45, 2.75) is 44.1 Å².